The van der Waals surface area contributed by atoms with Gasteiger partial charge in [-0.1, -0.05) is 0 Å². The second kappa shape index (κ2) is 8.98. The molecule has 1 aliphatic carbocycles. The van der Waals surface area contributed by atoms with Gasteiger partial charge in [0.15, 0.2) is 0 Å². The number of rotatable bonds is 5. The molecule has 0 spiro atoms. The summed E-state index contributed by atoms with van der Waals surface area (Å²) in [6.07, 6.45) is 2.88. The molecule has 0 unspecified atom stereocenters. The van der Waals surface area contributed by atoms with Crippen LogP contribution in [0.15, 0.2) is 33.9 Å². The Kier molecular flexibility index (Phi) is 6.39. The van der Waals surface area contributed by atoms with Crippen LogP contribution in [-0.2, 0) is 11.2 Å². The lowest BCUT2D eigenvalue weighted by Gasteiger charge is -2.35. The number of phenolic OH excluding ortho intramolecular Hbond substituents is 1. The molecule has 30 heavy (non-hydrogen) atoms. The fraction of sp³-hybridized carbons (Fsp3) is 0.429. The summed E-state index contributed by atoms with van der Waals surface area (Å²) >= 11 is 0. The number of amides is 2. The Bertz CT molecular complexity index is 1000. The van der Waals surface area contributed by atoms with Gasteiger partial charge in [-0.15, -0.1) is 0 Å². The maximum absolute atomic E-state index is 12.5. The fourth-order valence-electron chi connectivity index (χ4n) is 3.88. The van der Waals surface area contributed by atoms with Crippen LogP contribution in [0.2, 0.25) is 0 Å². The van der Waals surface area contributed by atoms with Crippen LogP contribution in [0.1, 0.15) is 47.3 Å². The molecular weight excluding hydrogens is 388 g/mol. The number of nitrogens with one attached hydrogen (secondary N) is 3. The van der Waals surface area contributed by atoms with E-state index in [1.54, 1.807) is 24.1 Å². The van der Waals surface area contributed by atoms with E-state index >= 15 is 0 Å². The van der Waals surface area contributed by atoms with E-state index in [4.69, 9.17) is 0 Å². The van der Waals surface area contributed by atoms with Gasteiger partial charge in [-0.2, -0.15) is 0 Å². The number of carbonyl (C=O) groups excluding carboxylic acids is 2. The van der Waals surface area contributed by atoms with Gasteiger partial charge in [-0.3, -0.25) is 19.4 Å². The topological polar surface area (TPSA) is 135 Å². The molecule has 1 saturated carbocycles. The molecule has 1 heterocycles. The van der Waals surface area contributed by atoms with Gasteiger partial charge in [0.2, 0.25) is 5.91 Å². The molecule has 0 radical (unpaired) electrons. The fourth-order valence-corrected chi connectivity index (χ4v) is 3.88. The maximum atomic E-state index is 12.5. The number of phenols is 1. The normalized spacial score (nSPS) is 18.6. The summed E-state index contributed by atoms with van der Waals surface area (Å²) in [6.45, 7) is 1.82. The Morgan fingerprint density at radius 2 is 1.80 bits per heavy atom. The number of hydrogen-bond donors (Lipinski definition) is 4. The van der Waals surface area contributed by atoms with Crippen molar-refractivity contribution in [3.8, 4) is 5.75 Å². The first-order valence-corrected chi connectivity index (χ1v) is 9.91. The number of benzene rings is 1. The quantitative estimate of drug-likeness (QED) is 0.574. The SMILES string of the molecule is Cc1cc(O)cc(C(=O)NC2CCC(N(C)C(=O)Cc3cc(=O)[nH]c(=O)[nH]3)CC2)c1. The van der Waals surface area contributed by atoms with E-state index in [1.165, 1.54) is 12.1 Å². The molecule has 2 aromatic rings. The van der Waals surface area contributed by atoms with Crippen molar-refractivity contribution in [2.75, 3.05) is 7.05 Å². The molecule has 1 aliphatic rings. The van der Waals surface area contributed by atoms with Gasteiger partial charge in [-0.25, -0.2) is 4.79 Å². The van der Waals surface area contributed by atoms with E-state index < -0.39 is 11.2 Å². The van der Waals surface area contributed by atoms with E-state index in [0.717, 1.165) is 31.2 Å². The van der Waals surface area contributed by atoms with Crippen LogP contribution in [0.25, 0.3) is 0 Å². The zero-order valence-corrected chi connectivity index (χ0v) is 17.0. The van der Waals surface area contributed by atoms with E-state index in [0.29, 0.717) is 5.56 Å². The summed E-state index contributed by atoms with van der Waals surface area (Å²) in [5.41, 5.74) is 0.343. The Balaban J connectivity index is 1.52. The van der Waals surface area contributed by atoms with E-state index in [2.05, 4.69) is 15.3 Å². The van der Waals surface area contributed by atoms with Gasteiger partial charge in [0.25, 0.3) is 11.5 Å². The Labute approximate surface area is 173 Å². The largest absolute Gasteiger partial charge is 0.508 e. The van der Waals surface area contributed by atoms with E-state index in [-0.39, 0.29) is 41.8 Å². The van der Waals surface area contributed by atoms with Gasteiger partial charge in [0, 0.05) is 36.5 Å². The lowest BCUT2D eigenvalue weighted by molar-refractivity contribution is -0.132. The molecule has 160 valence electrons. The number of aryl methyl sites for hydroxylation is 1. The monoisotopic (exact) mass is 414 g/mol. The second-order valence-electron chi connectivity index (χ2n) is 7.83. The number of hydrogen-bond acceptors (Lipinski definition) is 5. The Morgan fingerprint density at radius 3 is 2.43 bits per heavy atom. The highest BCUT2D eigenvalue weighted by atomic mass is 16.3. The van der Waals surface area contributed by atoms with Crippen LogP contribution in [0, 0.1) is 6.92 Å². The minimum Gasteiger partial charge on any atom is -0.508 e. The molecule has 1 aromatic carbocycles. The summed E-state index contributed by atoms with van der Waals surface area (Å²) in [6, 6.07) is 6.01. The van der Waals surface area contributed by atoms with Gasteiger partial charge in [0.1, 0.15) is 5.75 Å². The number of aromatic hydroxyl groups is 1. The molecule has 1 fully saturated rings. The molecule has 3 rings (SSSR count). The Morgan fingerprint density at radius 1 is 1.10 bits per heavy atom. The van der Waals surface area contributed by atoms with Crippen molar-refractivity contribution in [3.05, 3.63) is 61.9 Å². The van der Waals surface area contributed by atoms with Crippen LogP contribution < -0.4 is 16.6 Å². The average Bonchev–Trinajstić information content (AvgIpc) is 2.66. The standard InChI is InChI=1S/C21H26N4O5/c1-12-7-13(9-17(26)8-12)20(29)22-14-3-5-16(6-4-14)25(2)19(28)11-15-10-18(27)24-21(30)23-15/h7-10,14,16,26H,3-6,11H2,1-2H3,(H,22,29)(H2,23,24,27,30). The van der Waals surface area contributed by atoms with Crippen molar-refractivity contribution in [3.63, 3.8) is 0 Å². The molecule has 0 atom stereocenters. The van der Waals surface area contributed by atoms with Crippen molar-refractivity contribution in [1.82, 2.24) is 20.2 Å². The summed E-state index contributed by atoms with van der Waals surface area (Å²) in [7, 11) is 1.71. The van der Waals surface area contributed by atoms with Crippen LogP contribution in [0.4, 0.5) is 0 Å². The number of carbonyl (C=O) groups is 2. The Hall–Kier alpha value is -3.36. The predicted octanol–water partition coefficient (Wildman–Crippen LogP) is 0.819. The zero-order chi connectivity index (χ0) is 21.8. The number of nitrogens with zero attached hydrogens (tertiary/aromatic N) is 1. The summed E-state index contributed by atoms with van der Waals surface area (Å²) < 4.78 is 0. The van der Waals surface area contributed by atoms with Crippen molar-refractivity contribution in [2.45, 2.75) is 51.1 Å². The third-order valence-corrected chi connectivity index (χ3v) is 5.46. The molecule has 4 N–H and O–H groups in total. The van der Waals surface area contributed by atoms with Crippen LogP contribution in [-0.4, -0.2) is 50.9 Å². The third-order valence-electron chi connectivity index (χ3n) is 5.46. The number of aromatic nitrogens is 2. The van der Waals surface area contributed by atoms with Crippen molar-refractivity contribution in [1.29, 1.82) is 0 Å². The van der Waals surface area contributed by atoms with Gasteiger partial charge in [-0.05, 0) is 56.4 Å². The van der Waals surface area contributed by atoms with Crippen molar-refractivity contribution < 1.29 is 14.7 Å². The molecule has 0 saturated heterocycles. The van der Waals surface area contributed by atoms with Gasteiger partial charge >= 0.3 is 5.69 Å². The van der Waals surface area contributed by atoms with Crippen LogP contribution in [0.3, 0.4) is 0 Å². The third kappa shape index (κ3) is 5.37. The van der Waals surface area contributed by atoms with Crippen LogP contribution >= 0.6 is 0 Å². The molecule has 0 aliphatic heterocycles. The molecule has 0 bridgehead atoms. The smallest absolute Gasteiger partial charge is 0.325 e. The van der Waals surface area contributed by atoms with Gasteiger partial charge < -0.3 is 20.3 Å². The summed E-state index contributed by atoms with van der Waals surface area (Å²) in [5, 5.41) is 12.7. The predicted molar refractivity (Wildman–Crippen MR) is 111 cm³/mol. The van der Waals surface area contributed by atoms with Crippen molar-refractivity contribution >= 4 is 11.8 Å². The number of H-pyrrole nitrogens is 2. The zero-order valence-electron chi connectivity index (χ0n) is 17.0. The van der Waals surface area contributed by atoms with E-state index in [1.807, 2.05) is 6.92 Å². The first-order valence-electron chi connectivity index (χ1n) is 9.91. The average molecular weight is 414 g/mol. The molecule has 9 heteroatoms. The molecule has 2 amide bonds. The lowest BCUT2D eigenvalue weighted by atomic mass is 9.90. The minimum absolute atomic E-state index is 0.00365. The summed E-state index contributed by atoms with van der Waals surface area (Å²) in [5.74, 6) is -0.343. The highest BCUT2D eigenvalue weighted by Crippen LogP contribution is 2.24. The van der Waals surface area contributed by atoms with Crippen molar-refractivity contribution in [2.24, 2.45) is 0 Å². The van der Waals surface area contributed by atoms with Crippen LogP contribution in [0.5, 0.6) is 5.75 Å². The number of aromatic amines is 2. The number of likely N-dealkylation sites (N-methyl/N-ethyl adjacent to an activating group) is 1. The summed E-state index contributed by atoms with van der Waals surface area (Å²) in [4.78, 5) is 53.9. The van der Waals surface area contributed by atoms with E-state index in [9.17, 15) is 24.3 Å². The van der Waals surface area contributed by atoms with Gasteiger partial charge in [0.05, 0.1) is 6.42 Å². The second-order valence-corrected chi connectivity index (χ2v) is 7.83. The maximum Gasteiger partial charge on any atom is 0.325 e. The minimum atomic E-state index is -0.633. The highest BCUT2D eigenvalue weighted by molar-refractivity contribution is 5.95. The first-order chi connectivity index (χ1) is 14.2. The first kappa shape index (κ1) is 21.4. The lowest BCUT2D eigenvalue weighted by Crippen LogP contribution is -2.45. The molecule has 1 aromatic heterocycles. The molecule has 9 nitrogen and oxygen atoms in total. The highest BCUT2D eigenvalue weighted by Gasteiger charge is 2.27. The molecular formula is C21H26N4O5.